The Balaban J connectivity index is 0.00000205. The van der Waals surface area contributed by atoms with Gasteiger partial charge in [0.1, 0.15) is 18.6 Å². The minimum atomic E-state index is -0.175. The van der Waals surface area contributed by atoms with Gasteiger partial charge in [0, 0.05) is 32.3 Å². The summed E-state index contributed by atoms with van der Waals surface area (Å²) < 4.78 is 17.6. The number of methoxy groups -OCH3 is 2. The normalized spacial score (nSPS) is 15.4. The maximum Gasteiger partial charge on any atom is 0.213 e. The Kier molecular flexibility index (Phi) is 10.9. The van der Waals surface area contributed by atoms with Crippen LogP contribution < -0.4 is 9.47 Å². The molecule has 1 N–H and O–H groups in total. The molecular formula is C32H40ClNO5. The molecule has 0 aliphatic heterocycles. The third kappa shape index (κ3) is 7.38. The minimum Gasteiger partial charge on any atom is -0.489 e. The van der Waals surface area contributed by atoms with Crippen molar-refractivity contribution in [1.29, 1.82) is 0 Å². The third-order valence-electron chi connectivity index (χ3n) is 7.09. The monoisotopic (exact) mass is 553 g/mol. The molecule has 3 aromatic rings. The number of carbonyl (C=O) groups is 1. The smallest absolute Gasteiger partial charge is 0.213 e. The molecule has 0 spiro atoms. The number of aryl methyl sites for hydroxylation is 1. The number of aldehydes is 1. The molecule has 1 aliphatic rings. The number of pyridine rings is 1. The molecule has 0 saturated heterocycles. The largest absolute Gasteiger partial charge is 0.489 e. The minimum absolute atomic E-state index is 0.154. The lowest BCUT2D eigenvalue weighted by molar-refractivity contribution is -0.108. The Morgan fingerprint density at radius 3 is 2.54 bits per heavy atom. The van der Waals surface area contributed by atoms with Crippen molar-refractivity contribution in [3.63, 3.8) is 0 Å². The maximum absolute atomic E-state index is 11.2. The first kappa shape index (κ1) is 30.6. The van der Waals surface area contributed by atoms with Gasteiger partial charge in [-0.05, 0) is 76.6 Å². The lowest BCUT2D eigenvalue weighted by atomic mass is 9.81. The lowest BCUT2D eigenvalue weighted by Crippen LogP contribution is -2.21. The van der Waals surface area contributed by atoms with Crippen LogP contribution in [0, 0.1) is 5.41 Å². The standard InChI is InChI=1S/C31H36ClNO4.CH4O/c1-31(2,3)30(36-5)27-15-20(9-12-24(27)26-17-29(35-4)33-18-28(26)32)19-37-23-11-10-21-7-6-8-22(13-14-34)25(21)16-23;1-2/h9-12,14-18,22,30H,6-8,13,19H2,1-5H3;2H,1H3. The zero-order valence-electron chi connectivity index (χ0n) is 23.8. The Morgan fingerprint density at radius 2 is 1.87 bits per heavy atom. The first-order valence-corrected chi connectivity index (χ1v) is 13.6. The highest BCUT2D eigenvalue weighted by atomic mass is 35.5. The molecule has 2 unspecified atom stereocenters. The van der Waals surface area contributed by atoms with Crippen molar-refractivity contribution in [3.8, 4) is 22.8 Å². The van der Waals surface area contributed by atoms with Crippen LogP contribution in [-0.4, -0.2) is 37.7 Å². The van der Waals surface area contributed by atoms with Crippen molar-refractivity contribution in [2.75, 3.05) is 21.3 Å². The highest BCUT2D eigenvalue weighted by Crippen LogP contribution is 2.43. The summed E-state index contributed by atoms with van der Waals surface area (Å²) in [5, 5.41) is 7.55. The molecule has 0 fully saturated rings. The SMILES string of the molecule is CO.COc1cc(-c2ccc(COc3ccc4c(c3)C(CC=O)CCC4)cc2C(OC)C(C)(C)C)c(Cl)cn1. The average Bonchev–Trinajstić information content (AvgIpc) is 2.93. The fraction of sp³-hybridized carbons (Fsp3) is 0.438. The summed E-state index contributed by atoms with van der Waals surface area (Å²) in [6, 6.07) is 14.4. The van der Waals surface area contributed by atoms with Crippen LogP contribution >= 0.6 is 11.6 Å². The number of aliphatic hydroxyl groups excluding tert-OH is 1. The Morgan fingerprint density at radius 1 is 1.10 bits per heavy atom. The summed E-state index contributed by atoms with van der Waals surface area (Å²) >= 11 is 6.59. The molecule has 2 aromatic carbocycles. The van der Waals surface area contributed by atoms with E-state index in [4.69, 9.17) is 30.9 Å². The highest BCUT2D eigenvalue weighted by Gasteiger charge is 2.29. The zero-order chi connectivity index (χ0) is 28.6. The van der Waals surface area contributed by atoms with Crippen molar-refractivity contribution in [2.24, 2.45) is 5.41 Å². The summed E-state index contributed by atoms with van der Waals surface area (Å²) in [4.78, 5) is 15.4. The molecule has 0 radical (unpaired) electrons. The van der Waals surface area contributed by atoms with Crippen LogP contribution in [0.2, 0.25) is 5.02 Å². The number of carbonyl (C=O) groups excluding carboxylic acids is 1. The number of fused-ring (bicyclic) bond motifs is 1. The number of ether oxygens (including phenoxy) is 3. The molecule has 1 aromatic heterocycles. The van der Waals surface area contributed by atoms with Crippen LogP contribution in [0.25, 0.3) is 11.1 Å². The number of aromatic nitrogens is 1. The van der Waals surface area contributed by atoms with Gasteiger partial charge in [0.05, 0.1) is 24.4 Å². The molecule has 1 heterocycles. The Bertz CT molecular complexity index is 1250. The number of nitrogens with zero attached hydrogens (tertiary/aromatic N) is 1. The van der Waals surface area contributed by atoms with Crippen LogP contribution in [-0.2, 0) is 22.6 Å². The molecule has 39 heavy (non-hydrogen) atoms. The summed E-state index contributed by atoms with van der Waals surface area (Å²) in [5.74, 6) is 1.61. The fourth-order valence-corrected chi connectivity index (χ4v) is 5.55. The number of hydrogen-bond donors (Lipinski definition) is 1. The fourth-order valence-electron chi connectivity index (χ4n) is 5.34. The van der Waals surface area contributed by atoms with E-state index < -0.39 is 0 Å². The van der Waals surface area contributed by atoms with Crippen molar-refractivity contribution in [2.45, 2.75) is 65.1 Å². The Hall–Kier alpha value is -2.93. The van der Waals surface area contributed by atoms with Gasteiger partial charge >= 0.3 is 0 Å². The number of halogens is 1. The second kappa shape index (κ2) is 13.9. The van der Waals surface area contributed by atoms with Gasteiger partial charge in [0.25, 0.3) is 0 Å². The van der Waals surface area contributed by atoms with Gasteiger partial charge in [0.15, 0.2) is 0 Å². The van der Waals surface area contributed by atoms with Crippen LogP contribution in [0.5, 0.6) is 11.6 Å². The summed E-state index contributed by atoms with van der Waals surface area (Å²) in [7, 11) is 4.33. The predicted molar refractivity (Wildman–Crippen MR) is 156 cm³/mol. The second-order valence-corrected chi connectivity index (χ2v) is 11.2. The van der Waals surface area contributed by atoms with Crippen molar-refractivity contribution >= 4 is 17.9 Å². The van der Waals surface area contributed by atoms with E-state index in [9.17, 15) is 4.79 Å². The van der Waals surface area contributed by atoms with Gasteiger partial charge in [-0.15, -0.1) is 0 Å². The van der Waals surface area contributed by atoms with Crippen molar-refractivity contribution in [1.82, 2.24) is 4.98 Å². The first-order chi connectivity index (χ1) is 18.7. The average molecular weight is 554 g/mol. The maximum atomic E-state index is 11.2. The number of benzene rings is 2. The van der Waals surface area contributed by atoms with Gasteiger partial charge in [-0.3, -0.25) is 0 Å². The van der Waals surface area contributed by atoms with E-state index in [0.717, 1.165) is 60.7 Å². The van der Waals surface area contributed by atoms with E-state index in [1.54, 1.807) is 20.4 Å². The van der Waals surface area contributed by atoms with E-state index in [-0.39, 0.29) is 17.4 Å². The number of aliphatic hydroxyl groups is 1. The quantitative estimate of drug-likeness (QED) is 0.279. The summed E-state index contributed by atoms with van der Waals surface area (Å²) in [6.45, 7) is 6.89. The highest BCUT2D eigenvalue weighted by molar-refractivity contribution is 6.33. The van der Waals surface area contributed by atoms with Gasteiger partial charge in [0.2, 0.25) is 5.88 Å². The number of rotatable bonds is 9. The summed E-state index contributed by atoms with van der Waals surface area (Å²) in [5.41, 5.74) is 6.31. The van der Waals surface area contributed by atoms with Crippen LogP contribution in [0.15, 0.2) is 48.7 Å². The topological polar surface area (TPSA) is 77.9 Å². The van der Waals surface area contributed by atoms with E-state index in [1.807, 2.05) is 12.1 Å². The van der Waals surface area contributed by atoms with Gasteiger partial charge < -0.3 is 24.1 Å². The molecular weight excluding hydrogens is 514 g/mol. The third-order valence-corrected chi connectivity index (χ3v) is 7.39. The lowest BCUT2D eigenvalue weighted by Gasteiger charge is -2.32. The van der Waals surface area contributed by atoms with E-state index >= 15 is 0 Å². The summed E-state index contributed by atoms with van der Waals surface area (Å²) in [6.07, 6.45) is 6.27. The molecule has 4 rings (SSSR count). The molecule has 210 valence electrons. The van der Waals surface area contributed by atoms with Gasteiger partial charge in [-0.1, -0.05) is 50.6 Å². The molecule has 1 aliphatic carbocycles. The van der Waals surface area contributed by atoms with E-state index in [2.05, 4.69) is 56.1 Å². The first-order valence-electron chi connectivity index (χ1n) is 13.2. The van der Waals surface area contributed by atoms with Crippen molar-refractivity contribution in [3.05, 3.63) is 75.9 Å². The van der Waals surface area contributed by atoms with Crippen LogP contribution in [0.1, 0.15) is 74.3 Å². The van der Waals surface area contributed by atoms with Crippen molar-refractivity contribution < 1.29 is 24.1 Å². The zero-order valence-corrected chi connectivity index (χ0v) is 24.5. The predicted octanol–water partition coefficient (Wildman–Crippen LogP) is 7.34. The molecule has 6 nitrogen and oxygen atoms in total. The Labute approximate surface area is 237 Å². The molecule has 0 amide bonds. The van der Waals surface area contributed by atoms with Crippen LogP contribution in [0.3, 0.4) is 0 Å². The second-order valence-electron chi connectivity index (χ2n) is 10.8. The van der Waals surface area contributed by atoms with Crippen LogP contribution in [0.4, 0.5) is 0 Å². The molecule has 2 atom stereocenters. The van der Waals surface area contributed by atoms with E-state index in [1.165, 1.54) is 11.1 Å². The molecule has 0 saturated carbocycles. The van der Waals surface area contributed by atoms with Gasteiger partial charge in [-0.2, -0.15) is 0 Å². The van der Waals surface area contributed by atoms with Gasteiger partial charge in [-0.25, -0.2) is 4.98 Å². The molecule has 0 bridgehead atoms. The van der Waals surface area contributed by atoms with E-state index in [0.29, 0.717) is 23.9 Å². The molecule has 7 heteroatoms. The number of hydrogen-bond acceptors (Lipinski definition) is 6.